The third-order valence-electron chi connectivity index (χ3n) is 7.96. The van der Waals surface area contributed by atoms with Gasteiger partial charge in [0, 0.05) is 67.1 Å². The largest absolute Gasteiger partial charge is 0.493 e. The van der Waals surface area contributed by atoms with E-state index in [1.807, 2.05) is 47.0 Å². The van der Waals surface area contributed by atoms with Gasteiger partial charge in [-0.1, -0.05) is 18.2 Å². The zero-order valence-corrected chi connectivity index (χ0v) is 23.6. The summed E-state index contributed by atoms with van der Waals surface area (Å²) in [4.78, 5) is 18.4. The minimum absolute atomic E-state index is 0.0127. The van der Waals surface area contributed by atoms with Crippen LogP contribution < -0.4 is 20.3 Å². The molecule has 0 spiro atoms. The van der Waals surface area contributed by atoms with E-state index in [0.29, 0.717) is 24.8 Å². The highest BCUT2D eigenvalue weighted by atomic mass is 32.2. The highest BCUT2D eigenvalue weighted by Gasteiger charge is 2.25. The average Bonchev–Trinajstić information content (AvgIpc) is 3.37. The molecule has 0 aliphatic carbocycles. The van der Waals surface area contributed by atoms with E-state index in [2.05, 4.69) is 52.8 Å². The van der Waals surface area contributed by atoms with Crippen molar-refractivity contribution >= 4 is 34.7 Å². The molecule has 1 fully saturated rings. The number of hydrogen-bond acceptors (Lipinski definition) is 6. The molecule has 3 heterocycles. The number of thioether (sulfide) groups is 1. The summed E-state index contributed by atoms with van der Waals surface area (Å²) in [6, 6.07) is 21.0. The summed E-state index contributed by atoms with van der Waals surface area (Å²) in [5.41, 5.74) is 7.34. The minimum atomic E-state index is 0.0127. The Morgan fingerprint density at radius 2 is 1.90 bits per heavy atom. The number of hydrogen-bond donors (Lipinski definition) is 2. The monoisotopic (exact) mass is 542 g/mol. The molecule has 1 atom stereocenters. The first kappa shape index (κ1) is 26.1. The predicted octanol–water partition coefficient (Wildman–Crippen LogP) is 5.99. The van der Waals surface area contributed by atoms with Crippen molar-refractivity contribution in [1.29, 1.82) is 0 Å². The maximum absolute atomic E-state index is 13.9. The van der Waals surface area contributed by atoms with Crippen molar-refractivity contribution in [3.63, 3.8) is 0 Å². The van der Waals surface area contributed by atoms with Gasteiger partial charge in [0.25, 0.3) is 5.91 Å². The van der Waals surface area contributed by atoms with Crippen LogP contribution in [0.25, 0.3) is 11.1 Å². The summed E-state index contributed by atoms with van der Waals surface area (Å²) < 4.78 is 6.46. The molecule has 3 aliphatic rings. The number of anilines is 3. The minimum Gasteiger partial charge on any atom is -0.493 e. The van der Waals surface area contributed by atoms with E-state index < -0.39 is 0 Å². The van der Waals surface area contributed by atoms with Gasteiger partial charge in [-0.2, -0.15) is 11.8 Å². The van der Waals surface area contributed by atoms with E-state index in [1.165, 1.54) is 22.8 Å². The molecule has 6 nitrogen and oxygen atoms in total. The zero-order chi connectivity index (χ0) is 26.6. The lowest BCUT2D eigenvalue weighted by atomic mass is 9.99. The molecular weight excluding hydrogens is 504 g/mol. The number of rotatable bonds is 7. The van der Waals surface area contributed by atoms with Crippen LogP contribution in [0, 0.1) is 0 Å². The lowest BCUT2D eigenvalue weighted by molar-refractivity contribution is 0.0986. The quantitative estimate of drug-likeness (QED) is 0.358. The molecule has 0 radical (unpaired) electrons. The normalized spacial score (nSPS) is 18.9. The SMILES string of the molecule is CC1CCN(C(=O)c2ccc(-c3ccc4c(c3)CCN4)c(OCCCN3CCSCC3)c2)c2ccccc2N1. The molecule has 3 aliphatic heterocycles. The number of nitrogens with zero attached hydrogens (tertiary/aromatic N) is 2. The second kappa shape index (κ2) is 11.9. The third kappa shape index (κ3) is 5.89. The molecule has 0 saturated carbocycles. The Morgan fingerprint density at radius 1 is 1.03 bits per heavy atom. The van der Waals surface area contributed by atoms with Gasteiger partial charge in [0.2, 0.25) is 0 Å². The van der Waals surface area contributed by atoms with Crippen LogP contribution in [-0.2, 0) is 6.42 Å². The standard InChI is InChI=1S/C32H38N4O2S/c1-23-12-15-36(30-6-3-2-5-29(30)34-23)32(37)26-7-9-27(24-8-10-28-25(21-24)11-13-33-28)31(22-26)38-18-4-14-35-16-19-39-20-17-35/h2-3,5-10,21-23,33-34H,4,11-20H2,1H3. The van der Waals surface area contributed by atoms with Crippen molar-refractivity contribution in [2.75, 3.05) is 66.4 Å². The number of amides is 1. The molecule has 1 saturated heterocycles. The van der Waals surface area contributed by atoms with Crippen LogP contribution in [0.5, 0.6) is 5.75 Å². The topological polar surface area (TPSA) is 56.8 Å². The van der Waals surface area contributed by atoms with Crippen molar-refractivity contribution < 1.29 is 9.53 Å². The van der Waals surface area contributed by atoms with Gasteiger partial charge in [0.15, 0.2) is 0 Å². The van der Waals surface area contributed by atoms with Crippen LogP contribution in [0.15, 0.2) is 60.7 Å². The summed E-state index contributed by atoms with van der Waals surface area (Å²) in [6.45, 7) is 7.83. The van der Waals surface area contributed by atoms with E-state index in [1.54, 1.807) is 0 Å². The van der Waals surface area contributed by atoms with Crippen LogP contribution >= 0.6 is 11.8 Å². The van der Waals surface area contributed by atoms with Crippen molar-refractivity contribution in [3.05, 3.63) is 71.8 Å². The number of carbonyl (C=O) groups is 1. The van der Waals surface area contributed by atoms with Crippen molar-refractivity contribution in [3.8, 4) is 16.9 Å². The molecule has 1 unspecified atom stereocenters. The van der Waals surface area contributed by atoms with E-state index in [-0.39, 0.29) is 5.91 Å². The third-order valence-corrected chi connectivity index (χ3v) is 8.90. The summed E-state index contributed by atoms with van der Waals surface area (Å²) in [6.07, 6.45) is 2.89. The molecule has 0 aromatic heterocycles. The second-order valence-electron chi connectivity index (χ2n) is 10.7. The van der Waals surface area contributed by atoms with Crippen LogP contribution in [0.3, 0.4) is 0 Å². The number of benzene rings is 3. The first-order valence-electron chi connectivity index (χ1n) is 14.3. The summed E-state index contributed by atoms with van der Waals surface area (Å²) in [7, 11) is 0. The fourth-order valence-electron chi connectivity index (χ4n) is 5.76. The fraction of sp³-hybridized carbons (Fsp3) is 0.406. The van der Waals surface area contributed by atoms with Gasteiger partial charge in [-0.15, -0.1) is 0 Å². The fourth-order valence-corrected chi connectivity index (χ4v) is 6.74. The van der Waals surface area contributed by atoms with E-state index in [0.717, 1.165) is 73.7 Å². The number of nitrogens with one attached hydrogen (secondary N) is 2. The van der Waals surface area contributed by atoms with Gasteiger partial charge in [0.05, 0.1) is 18.0 Å². The predicted molar refractivity (Wildman–Crippen MR) is 164 cm³/mol. The highest BCUT2D eigenvalue weighted by Crippen LogP contribution is 2.36. The zero-order valence-electron chi connectivity index (χ0n) is 22.7. The van der Waals surface area contributed by atoms with Crippen molar-refractivity contribution in [2.45, 2.75) is 32.2 Å². The molecule has 39 heavy (non-hydrogen) atoms. The Labute approximate surface area is 236 Å². The average molecular weight is 543 g/mol. The van der Waals surface area contributed by atoms with Crippen LogP contribution in [0.2, 0.25) is 0 Å². The first-order valence-corrected chi connectivity index (χ1v) is 15.4. The maximum atomic E-state index is 13.9. The van der Waals surface area contributed by atoms with Gasteiger partial charge in [-0.05, 0) is 79.8 Å². The number of ether oxygens (including phenoxy) is 1. The Balaban J connectivity index is 1.27. The lowest BCUT2D eigenvalue weighted by Crippen LogP contribution is -2.34. The van der Waals surface area contributed by atoms with Gasteiger partial charge >= 0.3 is 0 Å². The van der Waals surface area contributed by atoms with Gasteiger partial charge in [0.1, 0.15) is 5.75 Å². The van der Waals surface area contributed by atoms with Gasteiger partial charge < -0.3 is 25.2 Å². The Kier molecular flexibility index (Phi) is 7.98. The van der Waals surface area contributed by atoms with Crippen LogP contribution in [-0.4, -0.2) is 67.7 Å². The molecule has 204 valence electrons. The van der Waals surface area contributed by atoms with Crippen molar-refractivity contribution in [1.82, 2.24) is 4.90 Å². The van der Waals surface area contributed by atoms with Crippen LogP contribution in [0.1, 0.15) is 35.7 Å². The Morgan fingerprint density at radius 3 is 2.79 bits per heavy atom. The summed E-state index contributed by atoms with van der Waals surface area (Å²) in [5, 5.41) is 7.00. The number of fused-ring (bicyclic) bond motifs is 2. The summed E-state index contributed by atoms with van der Waals surface area (Å²) >= 11 is 2.04. The van der Waals surface area contributed by atoms with E-state index in [9.17, 15) is 4.79 Å². The van der Waals surface area contributed by atoms with Crippen LogP contribution in [0.4, 0.5) is 17.1 Å². The van der Waals surface area contributed by atoms with Gasteiger partial charge in [-0.3, -0.25) is 4.79 Å². The number of carbonyl (C=O) groups excluding carboxylic acids is 1. The van der Waals surface area contributed by atoms with Crippen molar-refractivity contribution in [2.24, 2.45) is 0 Å². The molecule has 2 N–H and O–H groups in total. The smallest absolute Gasteiger partial charge is 0.258 e. The number of para-hydroxylation sites is 2. The second-order valence-corrected chi connectivity index (χ2v) is 11.9. The highest BCUT2D eigenvalue weighted by molar-refractivity contribution is 7.99. The van der Waals surface area contributed by atoms with Gasteiger partial charge in [-0.25, -0.2) is 0 Å². The molecule has 1 amide bonds. The molecule has 7 heteroatoms. The summed E-state index contributed by atoms with van der Waals surface area (Å²) in [5.74, 6) is 3.24. The molecule has 3 aromatic rings. The molecule has 0 bridgehead atoms. The van der Waals surface area contributed by atoms with E-state index in [4.69, 9.17) is 4.74 Å². The maximum Gasteiger partial charge on any atom is 0.258 e. The molecule has 6 rings (SSSR count). The Bertz CT molecular complexity index is 1320. The lowest BCUT2D eigenvalue weighted by Gasteiger charge is -2.26. The Hall–Kier alpha value is -3.16. The van der Waals surface area contributed by atoms with E-state index >= 15 is 0 Å². The first-order chi connectivity index (χ1) is 19.2. The molecular formula is C32H38N4O2S. The molecule has 3 aromatic carbocycles.